The van der Waals surface area contributed by atoms with E-state index in [0.717, 1.165) is 11.1 Å². The molecule has 4 rings (SSSR count). The highest BCUT2D eigenvalue weighted by atomic mass is 35.5. The average molecular weight is 481 g/mol. The second-order valence-electron chi connectivity index (χ2n) is 7.61. The Hall–Kier alpha value is -2.33. The van der Waals surface area contributed by atoms with Crippen LogP contribution in [0.4, 0.5) is 0 Å². The number of amides is 1. The van der Waals surface area contributed by atoms with Gasteiger partial charge in [-0.15, -0.1) is 0 Å². The highest BCUT2D eigenvalue weighted by molar-refractivity contribution is 7.89. The van der Waals surface area contributed by atoms with E-state index < -0.39 is 10.0 Å². The number of ether oxygens (including phenoxy) is 3. The minimum absolute atomic E-state index is 0.0595. The lowest BCUT2D eigenvalue weighted by Crippen LogP contribution is -2.41. The van der Waals surface area contributed by atoms with Crippen molar-refractivity contribution in [2.24, 2.45) is 0 Å². The lowest BCUT2D eigenvalue weighted by atomic mass is 9.98. The van der Waals surface area contributed by atoms with Crippen molar-refractivity contribution in [3.8, 4) is 11.5 Å². The second-order valence-corrected chi connectivity index (χ2v) is 9.93. The van der Waals surface area contributed by atoms with E-state index in [1.165, 1.54) is 16.4 Å². The number of carbonyl (C=O) groups is 1. The predicted octanol–water partition coefficient (Wildman–Crippen LogP) is 2.58. The maximum atomic E-state index is 13.3. The zero-order chi connectivity index (χ0) is 22.9. The van der Waals surface area contributed by atoms with Crippen LogP contribution in [0.5, 0.6) is 11.5 Å². The SMILES string of the molecule is COc1cc2c(cc1OC)CN(C(=O)c1ccc(Cl)c(S(=O)(=O)N3CCOCC3)c1)CC2. The molecule has 0 spiro atoms. The summed E-state index contributed by atoms with van der Waals surface area (Å²) in [7, 11) is -0.666. The third kappa shape index (κ3) is 4.30. The number of methoxy groups -OCH3 is 2. The molecule has 2 aliphatic rings. The highest BCUT2D eigenvalue weighted by Gasteiger charge is 2.30. The van der Waals surface area contributed by atoms with Crippen molar-refractivity contribution in [1.29, 1.82) is 0 Å². The third-order valence-electron chi connectivity index (χ3n) is 5.77. The lowest BCUT2D eigenvalue weighted by Gasteiger charge is -2.30. The zero-order valence-corrected chi connectivity index (χ0v) is 19.5. The number of nitrogens with zero attached hydrogens (tertiary/aromatic N) is 2. The summed E-state index contributed by atoms with van der Waals surface area (Å²) in [6, 6.07) is 8.22. The number of sulfonamides is 1. The molecule has 0 aliphatic carbocycles. The van der Waals surface area contributed by atoms with Crippen molar-refractivity contribution in [3.05, 3.63) is 52.0 Å². The summed E-state index contributed by atoms with van der Waals surface area (Å²) in [5.74, 6) is 1.01. The Morgan fingerprint density at radius 1 is 1.00 bits per heavy atom. The molecule has 0 saturated carbocycles. The normalized spacial score (nSPS) is 17.0. The predicted molar refractivity (Wildman–Crippen MR) is 119 cm³/mol. The summed E-state index contributed by atoms with van der Waals surface area (Å²) in [6.07, 6.45) is 0.661. The highest BCUT2D eigenvalue weighted by Crippen LogP contribution is 2.34. The molecular formula is C22H25ClN2O6S. The van der Waals surface area contributed by atoms with Crippen molar-refractivity contribution < 1.29 is 27.4 Å². The summed E-state index contributed by atoms with van der Waals surface area (Å²) in [5, 5.41) is 0.0915. The maximum Gasteiger partial charge on any atom is 0.254 e. The molecule has 2 aromatic rings. The van der Waals surface area contributed by atoms with E-state index in [4.69, 9.17) is 25.8 Å². The Balaban J connectivity index is 1.60. The first-order valence-corrected chi connectivity index (χ1v) is 12.1. The molecule has 0 unspecified atom stereocenters. The largest absolute Gasteiger partial charge is 0.493 e. The summed E-state index contributed by atoms with van der Waals surface area (Å²) < 4.78 is 43.5. The number of carbonyl (C=O) groups excluding carboxylic acids is 1. The van der Waals surface area contributed by atoms with Gasteiger partial charge in [0.25, 0.3) is 5.91 Å². The van der Waals surface area contributed by atoms with Gasteiger partial charge in [-0.3, -0.25) is 4.79 Å². The van der Waals surface area contributed by atoms with Gasteiger partial charge in [-0.2, -0.15) is 4.31 Å². The van der Waals surface area contributed by atoms with Crippen LogP contribution in [0.25, 0.3) is 0 Å². The van der Waals surface area contributed by atoms with Crippen LogP contribution in [0.1, 0.15) is 21.5 Å². The van der Waals surface area contributed by atoms with Crippen LogP contribution >= 0.6 is 11.6 Å². The summed E-state index contributed by atoms with van der Waals surface area (Å²) in [6.45, 7) is 2.07. The van der Waals surface area contributed by atoms with E-state index in [2.05, 4.69) is 0 Å². The number of halogens is 1. The molecule has 0 aromatic heterocycles. The number of hydrogen-bond donors (Lipinski definition) is 0. The lowest BCUT2D eigenvalue weighted by molar-refractivity contribution is 0.0727. The third-order valence-corrected chi connectivity index (χ3v) is 8.15. The van der Waals surface area contributed by atoms with Gasteiger partial charge in [0.1, 0.15) is 4.90 Å². The zero-order valence-electron chi connectivity index (χ0n) is 18.0. The molecule has 2 aromatic carbocycles. The maximum absolute atomic E-state index is 13.3. The first-order valence-electron chi connectivity index (χ1n) is 10.3. The van der Waals surface area contributed by atoms with Crippen LogP contribution in [0.15, 0.2) is 35.2 Å². The molecule has 10 heteroatoms. The first kappa shape index (κ1) is 22.8. The van der Waals surface area contributed by atoms with E-state index in [9.17, 15) is 13.2 Å². The van der Waals surface area contributed by atoms with E-state index in [-0.39, 0.29) is 34.5 Å². The molecule has 1 fully saturated rings. The Labute approximate surface area is 192 Å². The quantitative estimate of drug-likeness (QED) is 0.654. The summed E-state index contributed by atoms with van der Waals surface area (Å²) in [4.78, 5) is 14.9. The van der Waals surface area contributed by atoms with Crippen LogP contribution in [0.3, 0.4) is 0 Å². The van der Waals surface area contributed by atoms with Crippen LogP contribution < -0.4 is 9.47 Å². The fourth-order valence-electron chi connectivity index (χ4n) is 4.00. The van der Waals surface area contributed by atoms with Gasteiger partial charge in [0.05, 0.1) is 32.5 Å². The minimum Gasteiger partial charge on any atom is -0.493 e. The van der Waals surface area contributed by atoms with E-state index >= 15 is 0 Å². The fraction of sp³-hybridized carbons (Fsp3) is 0.409. The number of hydrogen-bond acceptors (Lipinski definition) is 6. The Bertz CT molecular complexity index is 1130. The van der Waals surface area contributed by atoms with Gasteiger partial charge in [-0.1, -0.05) is 11.6 Å². The first-order chi connectivity index (χ1) is 15.3. The Morgan fingerprint density at radius 2 is 1.66 bits per heavy atom. The topological polar surface area (TPSA) is 85.4 Å². The van der Waals surface area contributed by atoms with Crippen LogP contribution in [0.2, 0.25) is 5.02 Å². The Morgan fingerprint density at radius 3 is 2.31 bits per heavy atom. The smallest absolute Gasteiger partial charge is 0.254 e. The van der Waals surface area contributed by atoms with E-state index in [1.807, 2.05) is 12.1 Å². The molecule has 0 N–H and O–H groups in total. The van der Waals surface area contributed by atoms with Crippen molar-refractivity contribution in [2.45, 2.75) is 17.9 Å². The summed E-state index contributed by atoms with van der Waals surface area (Å²) >= 11 is 6.23. The molecule has 1 saturated heterocycles. The van der Waals surface area contributed by atoms with Crippen molar-refractivity contribution in [3.63, 3.8) is 0 Å². The monoisotopic (exact) mass is 480 g/mol. The molecule has 0 radical (unpaired) electrons. The van der Waals surface area contributed by atoms with Crippen LogP contribution in [-0.2, 0) is 27.7 Å². The minimum atomic E-state index is -3.82. The molecule has 8 nitrogen and oxygen atoms in total. The van der Waals surface area contributed by atoms with Gasteiger partial charge in [0.2, 0.25) is 10.0 Å². The molecule has 0 atom stereocenters. The molecule has 32 heavy (non-hydrogen) atoms. The van der Waals surface area contributed by atoms with E-state index in [1.54, 1.807) is 25.2 Å². The van der Waals surface area contributed by atoms with Crippen molar-refractivity contribution in [1.82, 2.24) is 9.21 Å². The Kier molecular flexibility index (Phi) is 6.62. The molecule has 0 bridgehead atoms. The van der Waals surface area contributed by atoms with Gasteiger partial charge in [0.15, 0.2) is 11.5 Å². The van der Waals surface area contributed by atoms with Crippen LogP contribution in [0, 0.1) is 0 Å². The second kappa shape index (κ2) is 9.27. The van der Waals surface area contributed by atoms with E-state index in [0.29, 0.717) is 44.2 Å². The molecule has 2 aliphatic heterocycles. The van der Waals surface area contributed by atoms with Crippen LogP contribution in [-0.4, -0.2) is 70.6 Å². The molecular weight excluding hydrogens is 456 g/mol. The summed E-state index contributed by atoms with van der Waals surface area (Å²) in [5.41, 5.74) is 2.35. The molecule has 172 valence electrons. The number of morpholine rings is 1. The van der Waals surface area contributed by atoms with Gasteiger partial charge >= 0.3 is 0 Å². The fourth-order valence-corrected chi connectivity index (χ4v) is 5.91. The molecule has 2 heterocycles. The average Bonchev–Trinajstić information content (AvgIpc) is 2.83. The van der Waals surface area contributed by atoms with Gasteiger partial charge < -0.3 is 19.1 Å². The standard InChI is InChI=1S/C22H25ClN2O6S/c1-29-19-11-15-5-6-24(14-17(15)12-20(19)30-2)22(26)16-3-4-18(23)21(13-16)32(27,28)25-7-9-31-10-8-25/h3-4,11-13H,5-10,14H2,1-2H3. The van der Waals surface area contributed by atoms with Gasteiger partial charge in [-0.05, 0) is 47.9 Å². The van der Waals surface area contributed by atoms with Crippen molar-refractivity contribution >= 4 is 27.5 Å². The van der Waals surface area contributed by atoms with Gasteiger partial charge in [0, 0.05) is 31.7 Å². The number of rotatable bonds is 5. The van der Waals surface area contributed by atoms with Gasteiger partial charge in [-0.25, -0.2) is 8.42 Å². The number of benzene rings is 2. The molecule has 1 amide bonds. The van der Waals surface area contributed by atoms with Crippen molar-refractivity contribution in [2.75, 3.05) is 47.1 Å². The number of fused-ring (bicyclic) bond motifs is 1.